The number of sulfone groups is 1. The van der Waals surface area contributed by atoms with Gasteiger partial charge in [-0.2, -0.15) is 0 Å². The average molecular weight is 268 g/mol. The van der Waals surface area contributed by atoms with Crippen molar-refractivity contribution in [2.24, 2.45) is 0 Å². The van der Waals surface area contributed by atoms with Gasteiger partial charge in [0.15, 0.2) is 15.6 Å². The summed E-state index contributed by atoms with van der Waals surface area (Å²) in [6.45, 7) is 1.45. The monoisotopic (exact) mass is 268 g/mol. The lowest BCUT2D eigenvalue weighted by atomic mass is 10.1. The molecule has 2 rings (SSSR count). The van der Waals surface area contributed by atoms with E-state index in [2.05, 4.69) is 5.32 Å². The van der Waals surface area contributed by atoms with Gasteiger partial charge in [-0.3, -0.25) is 4.79 Å². The van der Waals surface area contributed by atoms with E-state index < -0.39 is 9.84 Å². The highest BCUT2D eigenvalue weighted by atomic mass is 32.2. The standard InChI is InChI=1S/C12H16N2O3S/c1-8(15)11-6-9(2-3-12(11)13)14-10-4-5-18(16,17)7-10/h2-3,6,10,14H,4-5,7,13H2,1H3. The van der Waals surface area contributed by atoms with Gasteiger partial charge >= 0.3 is 0 Å². The van der Waals surface area contributed by atoms with Crippen molar-refractivity contribution in [3.05, 3.63) is 23.8 Å². The number of hydrogen-bond donors (Lipinski definition) is 2. The number of ketones is 1. The maximum absolute atomic E-state index is 11.4. The molecular formula is C12H16N2O3S. The van der Waals surface area contributed by atoms with E-state index in [1.165, 1.54) is 6.92 Å². The number of Topliss-reactive ketones (excluding diaryl/α,β-unsaturated/α-hetero) is 1. The molecule has 1 fully saturated rings. The van der Waals surface area contributed by atoms with Crippen LogP contribution in [0.15, 0.2) is 18.2 Å². The number of carbonyl (C=O) groups excluding carboxylic acids is 1. The summed E-state index contributed by atoms with van der Waals surface area (Å²) in [7, 11) is -2.90. The Bertz CT molecular complexity index is 581. The summed E-state index contributed by atoms with van der Waals surface area (Å²) in [5, 5.41) is 3.13. The first-order chi connectivity index (χ1) is 8.37. The minimum absolute atomic E-state index is 0.0848. The van der Waals surface area contributed by atoms with Crippen molar-refractivity contribution in [3.8, 4) is 0 Å². The first-order valence-corrected chi connectivity index (χ1v) is 7.57. The fourth-order valence-electron chi connectivity index (χ4n) is 2.10. The van der Waals surface area contributed by atoms with Gasteiger partial charge in [-0.05, 0) is 31.5 Å². The normalized spacial score (nSPS) is 21.7. The molecule has 98 valence electrons. The molecule has 1 atom stereocenters. The summed E-state index contributed by atoms with van der Waals surface area (Å²) < 4.78 is 22.7. The van der Waals surface area contributed by atoms with Crippen molar-refractivity contribution in [3.63, 3.8) is 0 Å². The molecule has 0 spiro atoms. The van der Waals surface area contributed by atoms with Crippen LogP contribution in [0.5, 0.6) is 0 Å². The molecule has 0 aliphatic carbocycles. The van der Waals surface area contributed by atoms with E-state index in [1.54, 1.807) is 18.2 Å². The topological polar surface area (TPSA) is 89.3 Å². The number of hydrogen-bond acceptors (Lipinski definition) is 5. The van der Waals surface area contributed by atoms with E-state index in [1.807, 2.05) is 0 Å². The Balaban J connectivity index is 2.16. The fourth-order valence-corrected chi connectivity index (χ4v) is 3.77. The Labute approximate surface area is 106 Å². The molecule has 1 aliphatic heterocycles. The Morgan fingerprint density at radius 1 is 1.44 bits per heavy atom. The summed E-state index contributed by atoms with van der Waals surface area (Å²) in [5.41, 5.74) is 7.33. The molecule has 0 bridgehead atoms. The minimum Gasteiger partial charge on any atom is -0.398 e. The van der Waals surface area contributed by atoms with Crippen molar-refractivity contribution in [2.75, 3.05) is 22.6 Å². The summed E-state index contributed by atoms with van der Waals surface area (Å²) in [6.07, 6.45) is 0.599. The van der Waals surface area contributed by atoms with Gasteiger partial charge in [0.05, 0.1) is 11.5 Å². The van der Waals surface area contributed by atoms with Gasteiger partial charge < -0.3 is 11.1 Å². The van der Waals surface area contributed by atoms with Crippen molar-refractivity contribution >= 4 is 27.0 Å². The number of rotatable bonds is 3. The second-order valence-electron chi connectivity index (χ2n) is 4.60. The van der Waals surface area contributed by atoms with Crippen LogP contribution in [0.2, 0.25) is 0 Å². The highest BCUT2D eigenvalue weighted by molar-refractivity contribution is 7.91. The molecule has 1 aliphatic rings. The third-order valence-corrected chi connectivity index (χ3v) is 4.80. The molecular weight excluding hydrogens is 252 g/mol. The zero-order valence-corrected chi connectivity index (χ0v) is 11.0. The molecule has 1 heterocycles. The van der Waals surface area contributed by atoms with Crippen LogP contribution < -0.4 is 11.1 Å². The van der Waals surface area contributed by atoms with E-state index in [9.17, 15) is 13.2 Å². The predicted molar refractivity (Wildman–Crippen MR) is 71.5 cm³/mol. The van der Waals surface area contributed by atoms with E-state index >= 15 is 0 Å². The summed E-state index contributed by atoms with van der Waals surface area (Å²) in [6, 6.07) is 5.00. The van der Waals surface area contributed by atoms with Crippen LogP contribution in [-0.2, 0) is 9.84 Å². The van der Waals surface area contributed by atoms with Crippen LogP contribution in [0.4, 0.5) is 11.4 Å². The molecule has 0 radical (unpaired) electrons. The van der Waals surface area contributed by atoms with Gasteiger partial charge in [-0.15, -0.1) is 0 Å². The molecule has 1 saturated heterocycles. The van der Waals surface area contributed by atoms with Crippen molar-refractivity contribution in [1.82, 2.24) is 0 Å². The largest absolute Gasteiger partial charge is 0.398 e. The second kappa shape index (κ2) is 4.61. The number of nitrogens with two attached hydrogens (primary N) is 1. The zero-order valence-electron chi connectivity index (χ0n) is 10.1. The maximum atomic E-state index is 11.4. The minimum atomic E-state index is -2.90. The van der Waals surface area contributed by atoms with E-state index in [-0.39, 0.29) is 23.3 Å². The third-order valence-electron chi connectivity index (χ3n) is 3.04. The molecule has 0 saturated carbocycles. The van der Waals surface area contributed by atoms with E-state index in [4.69, 9.17) is 5.73 Å². The molecule has 3 N–H and O–H groups in total. The number of anilines is 2. The van der Waals surface area contributed by atoms with Gasteiger partial charge in [-0.25, -0.2) is 8.42 Å². The highest BCUT2D eigenvalue weighted by Crippen LogP contribution is 2.22. The summed E-state index contributed by atoms with van der Waals surface area (Å²) in [5.74, 6) is 0.265. The van der Waals surface area contributed by atoms with Crippen molar-refractivity contribution in [2.45, 2.75) is 19.4 Å². The maximum Gasteiger partial charge on any atom is 0.161 e. The average Bonchev–Trinajstić information content (AvgIpc) is 2.60. The van der Waals surface area contributed by atoms with E-state index in [0.717, 1.165) is 5.69 Å². The molecule has 0 aromatic heterocycles. The first-order valence-electron chi connectivity index (χ1n) is 5.75. The van der Waals surface area contributed by atoms with Gasteiger partial charge in [0.2, 0.25) is 0 Å². The molecule has 1 aromatic carbocycles. The fraction of sp³-hybridized carbons (Fsp3) is 0.417. The third kappa shape index (κ3) is 2.81. The van der Waals surface area contributed by atoms with Gasteiger partial charge in [0.25, 0.3) is 0 Å². The lowest BCUT2D eigenvalue weighted by Gasteiger charge is -2.13. The van der Waals surface area contributed by atoms with Crippen molar-refractivity contribution < 1.29 is 13.2 Å². The molecule has 6 heteroatoms. The SMILES string of the molecule is CC(=O)c1cc(NC2CCS(=O)(=O)C2)ccc1N. The smallest absolute Gasteiger partial charge is 0.161 e. The highest BCUT2D eigenvalue weighted by Gasteiger charge is 2.27. The van der Waals surface area contributed by atoms with E-state index in [0.29, 0.717) is 17.7 Å². The number of nitrogen functional groups attached to an aromatic ring is 1. The lowest BCUT2D eigenvalue weighted by Crippen LogP contribution is -2.20. The van der Waals surface area contributed by atoms with Crippen LogP contribution in [-0.4, -0.2) is 31.7 Å². The van der Waals surface area contributed by atoms with Crippen LogP contribution in [0.1, 0.15) is 23.7 Å². The Kier molecular flexibility index (Phi) is 3.30. The van der Waals surface area contributed by atoms with Gasteiger partial charge in [-0.1, -0.05) is 0 Å². The van der Waals surface area contributed by atoms with Crippen LogP contribution in [0.25, 0.3) is 0 Å². The Morgan fingerprint density at radius 3 is 2.72 bits per heavy atom. The molecule has 1 unspecified atom stereocenters. The van der Waals surface area contributed by atoms with Crippen LogP contribution >= 0.6 is 0 Å². The predicted octanol–water partition coefficient (Wildman–Crippen LogP) is 1.07. The Hall–Kier alpha value is -1.56. The molecule has 18 heavy (non-hydrogen) atoms. The first kappa shape index (κ1) is 12.9. The molecule has 0 amide bonds. The molecule has 1 aromatic rings. The Morgan fingerprint density at radius 2 is 2.17 bits per heavy atom. The van der Waals surface area contributed by atoms with Crippen molar-refractivity contribution in [1.29, 1.82) is 0 Å². The van der Waals surface area contributed by atoms with Crippen LogP contribution in [0.3, 0.4) is 0 Å². The quantitative estimate of drug-likeness (QED) is 0.632. The summed E-state index contributed by atoms with van der Waals surface area (Å²) >= 11 is 0. The summed E-state index contributed by atoms with van der Waals surface area (Å²) in [4.78, 5) is 11.4. The van der Waals surface area contributed by atoms with Gasteiger partial charge in [0.1, 0.15) is 0 Å². The lowest BCUT2D eigenvalue weighted by molar-refractivity contribution is 0.101. The number of nitrogens with one attached hydrogen (secondary N) is 1. The zero-order chi connectivity index (χ0) is 13.3. The number of carbonyl (C=O) groups is 1. The number of benzene rings is 1. The van der Waals surface area contributed by atoms with Gasteiger partial charge in [0, 0.05) is 23.0 Å². The second-order valence-corrected chi connectivity index (χ2v) is 6.83. The molecule has 5 nitrogen and oxygen atoms in total. The van der Waals surface area contributed by atoms with Crippen LogP contribution in [0, 0.1) is 0 Å².